The van der Waals surface area contributed by atoms with Gasteiger partial charge in [-0.25, -0.2) is 9.59 Å². The summed E-state index contributed by atoms with van der Waals surface area (Å²) >= 11 is 3.30. The summed E-state index contributed by atoms with van der Waals surface area (Å²) < 4.78 is 0.731. The summed E-state index contributed by atoms with van der Waals surface area (Å²) in [5, 5.41) is 19.3. The molecule has 0 amide bonds. The number of hydrogen-bond donors (Lipinski definition) is 2. The predicted molar refractivity (Wildman–Crippen MR) is 65.6 cm³/mol. The maximum Gasteiger partial charge on any atom is 0.336 e. The molecule has 0 saturated heterocycles. The third kappa shape index (κ3) is 2.01. The first-order valence-corrected chi connectivity index (χ1v) is 5.49. The SMILES string of the molecule is O=C(O)c1cc2cccc(Br)c2cc1C(=O)O. The predicted octanol–water partition coefficient (Wildman–Crippen LogP) is 3.00. The van der Waals surface area contributed by atoms with E-state index in [1.807, 2.05) is 0 Å². The van der Waals surface area contributed by atoms with E-state index < -0.39 is 11.9 Å². The van der Waals surface area contributed by atoms with Gasteiger partial charge < -0.3 is 10.2 Å². The van der Waals surface area contributed by atoms with Gasteiger partial charge >= 0.3 is 11.9 Å². The molecule has 0 unspecified atom stereocenters. The summed E-state index contributed by atoms with van der Waals surface area (Å²) in [7, 11) is 0. The van der Waals surface area contributed by atoms with Crippen molar-refractivity contribution in [2.45, 2.75) is 0 Å². The van der Waals surface area contributed by atoms with E-state index in [2.05, 4.69) is 15.9 Å². The molecular formula is C12H7BrO4. The highest BCUT2D eigenvalue weighted by molar-refractivity contribution is 9.10. The zero-order chi connectivity index (χ0) is 12.6. The summed E-state index contributed by atoms with van der Waals surface area (Å²) in [5.41, 5.74) is -0.417. The minimum atomic E-state index is -1.25. The van der Waals surface area contributed by atoms with E-state index in [-0.39, 0.29) is 11.1 Å². The quantitative estimate of drug-likeness (QED) is 0.893. The topological polar surface area (TPSA) is 74.6 Å². The number of rotatable bonds is 2. The van der Waals surface area contributed by atoms with Gasteiger partial charge in [0.1, 0.15) is 0 Å². The van der Waals surface area contributed by atoms with Crippen LogP contribution < -0.4 is 0 Å². The standard InChI is InChI=1S/C12H7BrO4/c13-10-3-1-2-6-4-8(11(14)15)9(12(16)17)5-7(6)10/h1-5H,(H,14,15)(H,16,17). The van der Waals surface area contributed by atoms with Crippen LogP contribution in [0.15, 0.2) is 34.8 Å². The van der Waals surface area contributed by atoms with Crippen LogP contribution in [0.25, 0.3) is 10.8 Å². The van der Waals surface area contributed by atoms with Crippen LogP contribution in [-0.2, 0) is 0 Å². The van der Waals surface area contributed by atoms with Gasteiger partial charge in [-0.2, -0.15) is 0 Å². The van der Waals surface area contributed by atoms with E-state index in [0.717, 1.165) is 4.47 Å². The Morgan fingerprint density at radius 2 is 1.59 bits per heavy atom. The monoisotopic (exact) mass is 294 g/mol. The molecule has 0 saturated carbocycles. The largest absolute Gasteiger partial charge is 0.478 e. The molecule has 0 aliphatic heterocycles. The van der Waals surface area contributed by atoms with Gasteiger partial charge in [0.25, 0.3) is 0 Å². The summed E-state index contributed by atoms with van der Waals surface area (Å²) in [6, 6.07) is 8.00. The highest BCUT2D eigenvalue weighted by Crippen LogP contribution is 2.27. The lowest BCUT2D eigenvalue weighted by Crippen LogP contribution is -2.07. The van der Waals surface area contributed by atoms with E-state index in [9.17, 15) is 9.59 Å². The van der Waals surface area contributed by atoms with E-state index in [1.54, 1.807) is 18.2 Å². The van der Waals surface area contributed by atoms with Gasteiger partial charge in [0, 0.05) is 4.47 Å². The van der Waals surface area contributed by atoms with Crippen LogP contribution in [-0.4, -0.2) is 22.2 Å². The number of carboxylic acids is 2. The minimum absolute atomic E-state index is 0.205. The highest BCUT2D eigenvalue weighted by atomic mass is 79.9. The summed E-state index contributed by atoms with van der Waals surface area (Å²) in [6.45, 7) is 0. The first kappa shape index (κ1) is 11.6. The molecule has 2 aromatic rings. The maximum atomic E-state index is 11.0. The molecule has 0 bridgehead atoms. The Morgan fingerprint density at radius 1 is 1.00 bits per heavy atom. The van der Waals surface area contributed by atoms with Gasteiger partial charge in [0.15, 0.2) is 0 Å². The van der Waals surface area contributed by atoms with Crippen molar-refractivity contribution in [1.82, 2.24) is 0 Å². The Labute approximate surface area is 105 Å². The van der Waals surface area contributed by atoms with Crippen molar-refractivity contribution in [2.75, 3.05) is 0 Å². The number of carbonyl (C=O) groups is 2. The number of halogens is 1. The number of benzene rings is 2. The molecule has 0 aliphatic rings. The first-order chi connectivity index (χ1) is 8.00. The summed E-state index contributed by atoms with van der Waals surface area (Å²) in [4.78, 5) is 22.0. The zero-order valence-corrected chi connectivity index (χ0v) is 10.1. The number of carboxylic acid groups (broad SMARTS) is 2. The highest BCUT2D eigenvalue weighted by Gasteiger charge is 2.17. The third-order valence-electron chi connectivity index (χ3n) is 2.43. The summed E-state index contributed by atoms with van der Waals surface area (Å²) in [5.74, 6) is -2.50. The lowest BCUT2D eigenvalue weighted by molar-refractivity contribution is 0.0652. The molecule has 4 nitrogen and oxygen atoms in total. The molecule has 2 N–H and O–H groups in total. The number of hydrogen-bond acceptors (Lipinski definition) is 2. The molecule has 0 radical (unpaired) electrons. The second-order valence-electron chi connectivity index (χ2n) is 3.47. The second kappa shape index (κ2) is 4.18. The van der Waals surface area contributed by atoms with Crippen molar-refractivity contribution in [2.24, 2.45) is 0 Å². The molecule has 2 rings (SSSR count). The Kier molecular flexibility index (Phi) is 2.85. The Morgan fingerprint density at radius 3 is 2.18 bits per heavy atom. The van der Waals surface area contributed by atoms with Crippen molar-refractivity contribution in [3.63, 3.8) is 0 Å². The van der Waals surface area contributed by atoms with Gasteiger partial charge in [-0.3, -0.25) is 0 Å². The zero-order valence-electron chi connectivity index (χ0n) is 8.48. The van der Waals surface area contributed by atoms with E-state index in [1.165, 1.54) is 12.1 Å². The van der Waals surface area contributed by atoms with Crippen LogP contribution in [0.4, 0.5) is 0 Å². The number of fused-ring (bicyclic) bond motifs is 1. The Bertz CT molecular complexity index is 634. The van der Waals surface area contributed by atoms with Crippen LogP contribution in [0.3, 0.4) is 0 Å². The lowest BCUT2D eigenvalue weighted by Gasteiger charge is -2.06. The maximum absolute atomic E-state index is 11.0. The van der Waals surface area contributed by atoms with Crippen LogP contribution in [0, 0.1) is 0 Å². The number of aromatic carboxylic acids is 2. The van der Waals surface area contributed by atoms with Gasteiger partial charge in [-0.05, 0) is 29.0 Å². The molecule has 0 aliphatic carbocycles. The van der Waals surface area contributed by atoms with Crippen LogP contribution in [0.2, 0.25) is 0 Å². The van der Waals surface area contributed by atoms with Crippen molar-refractivity contribution in [3.8, 4) is 0 Å². The molecule has 0 atom stereocenters. The molecule has 86 valence electrons. The van der Waals surface area contributed by atoms with Gasteiger partial charge in [0.05, 0.1) is 11.1 Å². The van der Waals surface area contributed by atoms with Gasteiger partial charge in [-0.1, -0.05) is 28.1 Å². The third-order valence-corrected chi connectivity index (χ3v) is 3.12. The second-order valence-corrected chi connectivity index (χ2v) is 4.32. The van der Waals surface area contributed by atoms with E-state index >= 15 is 0 Å². The van der Waals surface area contributed by atoms with Gasteiger partial charge in [-0.15, -0.1) is 0 Å². The fourth-order valence-electron chi connectivity index (χ4n) is 1.64. The van der Waals surface area contributed by atoms with Crippen molar-refractivity contribution >= 4 is 38.6 Å². The van der Waals surface area contributed by atoms with Crippen LogP contribution in [0.1, 0.15) is 20.7 Å². The first-order valence-electron chi connectivity index (χ1n) is 4.69. The van der Waals surface area contributed by atoms with Crippen LogP contribution >= 0.6 is 15.9 Å². The molecule has 17 heavy (non-hydrogen) atoms. The van der Waals surface area contributed by atoms with Crippen molar-refractivity contribution in [1.29, 1.82) is 0 Å². The molecule has 0 fully saturated rings. The molecule has 0 aromatic heterocycles. The van der Waals surface area contributed by atoms with Crippen LogP contribution in [0.5, 0.6) is 0 Å². The minimum Gasteiger partial charge on any atom is -0.478 e. The summed E-state index contributed by atoms with van der Waals surface area (Å²) in [6.07, 6.45) is 0. The fourth-order valence-corrected chi connectivity index (χ4v) is 2.14. The van der Waals surface area contributed by atoms with Gasteiger partial charge in [0.2, 0.25) is 0 Å². The Balaban J connectivity index is 2.87. The molecule has 0 spiro atoms. The van der Waals surface area contributed by atoms with E-state index in [0.29, 0.717) is 10.8 Å². The van der Waals surface area contributed by atoms with Crippen molar-refractivity contribution in [3.05, 3.63) is 45.9 Å². The lowest BCUT2D eigenvalue weighted by atomic mass is 10.0. The van der Waals surface area contributed by atoms with Crippen molar-refractivity contribution < 1.29 is 19.8 Å². The average molecular weight is 295 g/mol. The average Bonchev–Trinajstić information content (AvgIpc) is 2.27. The molecule has 0 heterocycles. The Hall–Kier alpha value is -1.88. The smallest absolute Gasteiger partial charge is 0.336 e. The fraction of sp³-hybridized carbons (Fsp3) is 0. The normalized spacial score (nSPS) is 10.4. The molecular weight excluding hydrogens is 288 g/mol. The molecule has 2 aromatic carbocycles. The molecule has 5 heteroatoms. The van der Waals surface area contributed by atoms with E-state index in [4.69, 9.17) is 10.2 Å².